The van der Waals surface area contributed by atoms with Crippen molar-refractivity contribution in [2.45, 2.75) is 67.2 Å². The minimum atomic E-state index is 0.167. The SMILES string of the molecule is CC(C)=CCC/C(C)=C/CO.CC(C)=CCC/C(C)=C/COC=O. The summed E-state index contributed by atoms with van der Waals surface area (Å²) in [6, 6.07) is 0. The lowest BCUT2D eigenvalue weighted by atomic mass is 10.1. The van der Waals surface area contributed by atoms with Crippen molar-refractivity contribution in [2.24, 2.45) is 0 Å². The highest BCUT2D eigenvalue weighted by Crippen LogP contribution is 2.06. The minimum Gasteiger partial charge on any atom is -0.464 e. The third kappa shape index (κ3) is 22.7. The van der Waals surface area contributed by atoms with E-state index < -0.39 is 0 Å². The molecule has 3 heteroatoms. The van der Waals surface area contributed by atoms with Crippen molar-refractivity contribution in [1.82, 2.24) is 0 Å². The third-order valence-electron chi connectivity index (χ3n) is 3.22. The second kappa shape index (κ2) is 17.7. The van der Waals surface area contributed by atoms with Gasteiger partial charge < -0.3 is 9.84 Å². The van der Waals surface area contributed by atoms with Crippen LogP contribution in [-0.2, 0) is 9.53 Å². The van der Waals surface area contributed by atoms with Crippen LogP contribution in [0.15, 0.2) is 46.6 Å². The van der Waals surface area contributed by atoms with Crippen molar-refractivity contribution in [3.05, 3.63) is 46.6 Å². The molecule has 0 aliphatic carbocycles. The van der Waals surface area contributed by atoms with Gasteiger partial charge in [-0.2, -0.15) is 0 Å². The van der Waals surface area contributed by atoms with Crippen molar-refractivity contribution in [1.29, 1.82) is 0 Å². The van der Waals surface area contributed by atoms with E-state index >= 15 is 0 Å². The number of carbonyl (C=O) groups is 1. The van der Waals surface area contributed by atoms with Crippen LogP contribution in [0.25, 0.3) is 0 Å². The van der Waals surface area contributed by atoms with Gasteiger partial charge in [0.2, 0.25) is 0 Å². The number of hydrogen-bond acceptors (Lipinski definition) is 3. The zero-order valence-electron chi connectivity index (χ0n) is 16.4. The lowest BCUT2D eigenvalue weighted by Gasteiger charge is -1.98. The summed E-state index contributed by atoms with van der Waals surface area (Å²) in [4.78, 5) is 9.83. The van der Waals surface area contributed by atoms with Gasteiger partial charge >= 0.3 is 0 Å². The Hall–Kier alpha value is -1.61. The van der Waals surface area contributed by atoms with Crippen LogP contribution in [0.1, 0.15) is 67.2 Å². The van der Waals surface area contributed by atoms with Gasteiger partial charge in [-0.3, -0.25) is 4.79 Å². The highest BCUT2D eigenvalue weighted by atomic mass is 16.5. The summed E-state index contributed by atoms with van der Waals surface area (Å²) in [5.74, 6) is 0. The van der Waals surface area contributed by atoms with E-state index in [1.54, 1.807) is 0 Å². The Bertz CT molecular complexity index is 432. The lowest BCUT2D eigenvalue weighted by molar-refractivity contribution is -0.127. The van der Waals surface area contributed by atoms with Crippen molar-refractivity contribution >= 4 is 6.47 Å². The lowest BCUT2D eigenvalue weighted by Crippen LogP contribution is -1.88. The Balaban J connectivity index is 0. The Morgan fingerprint density at radius 3 is 1.62 bits per heavy atom. The molecule has 0 aliphatic rings. The third-order valence-corrected chi connectivity index (χ3v) is 3.22. The summed E-state index contributed by atoms with van der Waals surface area (Å²) in [7, 11) is 0. The fourth-order valence-electron chi connectivity index (χ4n) is 1.77. The second-order valence-corrected chi connectivity index (χ2v) is 6.35. The molecule has 3 nitrogen and oxygen atoms in total. The van der Waals surface area contributed by atoms with Gasteiger partial charge in [0.25, 0.3) is 6.47 Å². The molecular weight excluding hydrogens is 300 g/mol. The van der Waals surface area contributed by atoms with E-state index in [2.05, 4.69) is 51.5 Å². The molecule has 0 atom stereocenters. The number of carbonyl (C=O) groups excluding carboxylic acids is 1. The molecular formula is C21H36O3. The van der Waals surface area contributed by atoms with Crippen LogP contribution in [0, 0.1) is 0 Å². The molecule has 0 bridgehead atoms. The molecule has 24 heavy (non-hydrogen) atoms. The van der Waals surface area contributed by atoms with E-state index in [4.69, 9.17) is 5.11 Å². The van der Waals surface area contributed by atoms with Crippen molar-refractivity contribution in [2.75, 3.05) is 13.2 Å². The molecule has 0 aliphatic heterocycles. The molecule has 0 aromatic heterocycles. The molecule has 138 valence electrons. The maximum atomic E-state index is 9.83. The first-order valence-corrected chi connectivity index (χ1v) is 8.57. The molecule has 0 saturated heterocycles. The van der Waals surface area contributed by atoms with Gasteiger partial charge in [0.15, 0.2) is 0 Å². The van der Waals surface area contributed by atoms with E-state index in [1.165, 1.54) is 22.3 Å². The fraction of sp³-hybridized carbons (Fsp3) is 0.571. The number of hydrogen-bond donors (Lipinski definition) is 1. The van der Waals surface area contributed by atoms with E-state index in [0.29, 0.717) is 13.1 Å². The average Bonchev–Trinajstić information content (AvgIpc) is 2.47. The quantitative estimate of drug-likeness (QED) is 0.324. The Kier molecular flexibility index (Phi) is 18.2. The van der Waals surface area contributed by atoms with E-state index in [-0.39, 0.29) is 6.61 Å². The van der Waals surface area contributed by atoms with Gasteiger partial charge in [-0.25, -0.2) is 0 Å². The Morgan fingerprint density at radius 1 is 0.792 bits per heavy atom. The molecule has 0 spiro atoms. The van der Waals surface area contributed by atoms with Crippen LogP contribution in [0.4, 0.5) is 0 Å². The van der Waals surface area contributed by atoms with E-state index in [0.717, 1.165) is 25.7 Å². The maximum absolute atomic E-state index is 9.83. The first-order chi connectivity index (χ1) is 11.3. The number of rotatable bonds is 10. The van der Waals surface area contributed by atoms with Crippen LogP contribution >= 0.6 is 0 Å². The van der Waals surface area contributed by atoms with Gasteiger partial charge in [0.1, 0.15) is 6.61 Å². The molecule has 0 fully saturated rings. The number of allylic oxidation sites excluding steroid dienone is 6. The average molecular weight is 337 g/mol. The van der Waals surface area contributed by atoms with E-state index in [9.17, 15) is 4.79 Å². The molecule has 0 rings (SSSR count). The van der Waals surface area contributed by atoms with Crippen LogP contribution in [0.2, 0.25) is 0 Å². The second-order valence-electron chi connectivity index (χ2n) is 6.35. The predicted molar refractivity (Wildman–Crippen MR) is 104 cm³/mol. The van der Waals surface area contributed by atoms with Gasteiger partial charge in [-0.1, -0.05) is 40.5 Å². The highest BCUT2D eigenvalue weighted by molar-refractivity contribution is 5.37. The zero-order valence-corrected chi connectivity index (χ0v) is 16.4. The minimum absolute atomic E-state index is 0.167. The maximum Gasteiger partial charge on any atom is 0.293 e. The monoisotopic (exact) mass is 336 g/mol. The smallest absolute Gasteiger partial charge is 0.293 e. The largest absolute Gasteiger partial charge is 0.464 e. The highest BCUT2D eigenvalue weighted by Gasteiger charge is 1.88. The van der Waals surface area contributed by atoms with Gasteiger partial charge in [-0.05, 0) is 73.3 Å². The Morgan fingerprint density at radius 2 is 1.25 bits per heavy atom. The fourth-order valence-corrected chi connectivity index (χ4v) is 1.77. The first kappa shape index (κ1) is 24.6. The van der Waals surface area contributed by atoms with E-state index in [1.807, 2.05) is 19.1 Å². The number of ether oxygens (including phenoxy) is 1. The molecule has 0 heterocycles. The molecule has 0 saturated carbocycles. The van der Waals surface area contributed by atoms with Crippen molar-refractivity contribution in [3.8, 4) is 0 Å². The summed E-state index contributed by atoms with van der Waals surface area (Å²) in [6.07, 6.45) is 12.5. The first-order valence-electron chi connectivity index (χ1n) is 8.57. The van der Waals surface area contributed by atoms with Gasteiger partial charge in [0.05, 0.1) is 6.61 Å². The van der Waals surface area contributed by atoms with Crippen LogP contribution in [-0.4, -0.2) is 24.8 Å². The zero-order chi connectivity index (χ0) is 18.8. The molecule has 0 radical (unpaired) electrons. The summed E-state index contributed by atoms with van der Waals surface area (Å²) in [5, 5.41) is 8.55. The summed E-state index contributed by atoms with van der Waals surface area (Å²) < 4.78 is 4.56. The molecule has 0 unspecified atom stereocenters. The molecule has 0 amide bonds. The number of aliphatic hydroxyl groups is 1. The standard InChI is InChI=1S/C11H18O2.C10H18O/c1-10(2)5-4-6-11(3)7-8-13-9-12;1-9(2)5-4-6-10(3)7-8-11/h5,7,9H,4,6,8H2,1-3H3;5,7,11H,4,6,8H2,1-3H3/b11-7+;10-7+. The molecule has 0 aromatic rings. The summed E-state index contributed by atoms with van der Waals surface area (Å²) in [6.45, 7) is 13.5. The molecule has 0 aromatic carbocycles. The molecule has 1 N–H and O–H groups in total. The van der Waals surface area contributed by atoms with Gasteiger partial charge in [-0.15, -0.1) is 0 Å². The van der Waals surface area contributed by atoms with Crippen LogP contribution < -0.4 is 0 Å². The number of aliphatic hydroxyl groups excluding tert-OH is 1. The van der Waals surface area contributed by atoms with Crippen molar-refractivity contribution in [3.63, 3.8) is 0 Å². The summed E-state index contributed by atoms with van der Waals surface area (Å²) >= 11 is 0. The van der Waals surface area contributed by atoms with Crippen LogP contribution in [0.3, 0.4) is 0 Å². The summed E-state index contributed by atoms with van der Waals surface area (Å²) in [5.41, 5.74) is 5.24. The predicted octanol–water partition coefficient (Wildman–Crippen LogP) is 5.52. The normalized spacial score (nSPS) is 11.1. The van der Waals surface area contributed by atoms with Crippen LogP contribution in [0.5, 0.6) is 0 Å². The Labute approximate surface area is 148 Å². The topological polar surface area (TPSA) is 46.5 Å². The van der Waals surface area contributed by atoms with Gasteiger partial charge in [0, 0.05) is 0 Å². The van der Waals surface area contributed by atoms with Crippen molar-refractivity contribution < 1.29 is 14.6 Å².